The minimum atomic E-state index is -0.509. The number of benzene rings is 1. The van der Waals surface area contributed by atoms with Crippen molar-refractivity contribution < 1.29 is 14.0 Å². The van der Waals surface area contributed by atoms with Crippen molar-refractivity contribution in [3.8, 4) is 0 Å². The second kappa shape index (κ2) is 4.07. The molecule has 2 amide bonds. The lowest BCUT2D eigenvalue weighted by Gasteiger charge is -2.15. The Hall–Kier alpha value is -1.49. The molecule has 0 saturated heterocycles. The summed E-state index contributed by atoms with van der Waals surface area (Å²) < 4.78 is 13.7. The summed E-state index contributed by atoms with van der Waals surface area (Å²) in [5.74, 6) is -1.30. The van der Waals surface area contributed by atoms with Gasteiger partial charge in [-0.1, -0.05) is 0 Å². The van der Waals surface area contributed by atoms with E-state index in [9.17, 15) is 14.0 Å². The van der Waals surface area contributed by atoms with E-state index in [0.29, 0.717) is 15.6 Å². The fraction of sp³-hybridized carbons (Fsp3) is 0.167. The normalized spacial score (nSPS) is 16.1. The smallest absolute Gasteiger partial charge is 0.261 e. The first-order valence-electron chi connectivity index (χ1n) is 4.95. The highest BCUT2D eigenvalue weighted by atomic mass is 79.9. The minimum Gasteiger partial charge on any atom is -0.269 e. The molecule has 2 rings (SSSR count). The molecule has 0 unspecified atom stereocenters. The summed E-state index contributed by atoms with van der Waals surface area (Å²) in [6.45, 7) is 3.18. The van der Waals surface area contributed by atoms with Crippen LogP contribution in [-0.2, 0) is 9.59 Å². The Morgan fingerprint density at radius 3 is 2.12 bits per heavy atom. The highest BCUT2D eigenvalue weighted by Crippen LogP contribution is 2.28. The summed E-state index contributed by atoms with van der Waals surface area (Å²) >= 11 is 3.02. The fourth-order valence-corrected chi connectivity index (χ4v) is 1.85. The molecule has 0 radical (unpaired) electrons. The van der Waals surface area contributed by atoms with Crippen LogP contribution in [0.1, 0.15) is 13.8 Å². The van der Waals surface area contributed by atoms with E-state index in [1.54, 1.807) is 13.8 Å². The molecule has 88 valence electrons. The minimum absolute atomic E-state index is 0.247. The summed E-state index contributed by atoms with van der Waals surface area (Å²) in [4.78, 5) is 24.7. The molecule has 1 aliphatic heterocycles. The number of rotatable bonds is 1. The van der Waals surface area contributed by atoms with Crippen LogP contribution in [0, 0.1) is 5.82 Å². The quantitative estimate of drug-likeness (QED) is 0.748. The third-order valence-corrected chi connectivity index (χ3v) is 3.41. The van der Waals surface area contributed by atoms with E-state index in [-0.39, 0.29) is 5.69 Å². The molecule has 0 aromatic heterocycles. The number of carbonyl (C=O) groups is 2. The highest BCUT2D eigenvalue weighted by molar-refractivity contribution is 9.10. The van der Waals surface area contributed by atoms with Crippen LogP contribution in [0.5, 0.6) is 0 Å². The number of hydrogen-bond donors (Lipinski definition) is 0. The van der Waals surface area contributed by atoms with E-state index in [2.05, 4.69) is 15.9 Å². The van der Waals surface area contributed by atoms with E-state index in [4.69, 9.17) is 0 Å². The third-order valence-electron chi connectivity index (χ3n) is 2.77. The topological polar surface area (TPSA) is 37.4 Å². The van der Waals surface area contributed by atoms with Crippen molar-refractivity contribution in [2.75, 3.05) is 4.90 Å². The molecule has 0 atom stereocenters. The van der Waals surface area contributed by atoms with E-state index in [0.717, 1.165) is 11.0 Å². The zero-order valence-electron chi connectivity index (χ0n) is 9.25. The van der Waals surface area contributed by atoms with Gasteiger partial charge < -0.3 is 0 Å². The maximum atomic E-state index is 13.4. The SMILES string of the molecule is CC1=C(C)C(=O)N(c2ccc(Br)c(F)c2)C1=O. The Kier molecular flexibility index (Phi) is 2.87. The van der Waals surface area contributed by atoms with Gasteiger partial charge in [0.05, 0.1) is 10.2 Å². The van der Waals surface area contributed by atoms with Crippen LogP contribution in [0.25, 0.3) is 0 Å². The molecule has 0 aliphatic carbocycles. The maximum absolute atomic E-state index is 13.4. The first-order chi connectivity index (χ1) is 7.93. The van der Waals surface area contributed by atoms with E-state index < -0.39 is 17.6 Å². The van der Waals surface area contributed by atoms with Gasteiger partial charge in [-0.15, -0.1) is 0 Å². The van der Waals surface area contributed by atoms with E-state index in [1.807, 2.05) is 0 Å². The van der Waals surface area contributed by atoms with Gasteiger partial charge in [-0.3, -0.25) is 9.59 Å². The summed E-state index contributed by atoms with van der Waals surface area (Å²) in [7, 11) is 0. The average Bonchev–Trinajstić information content (AvgIpc) is 2.48. The van der Waals surface area contributed by atoms with Crippen LogP contribution in [-0.4, -0.2) is 11.8 Å². The number of imide groups is 1. The highest BCUT2D eigenvalue weighted by Gasteiger charge is 2.34. The zero-order chi connectivity index (χ0) is 12.7. The Labute approximate surface area is 106 Å². The Bertz CT molecular complexity index is 542. The average molecular weight is 298 g/mol. The summed E-state index contributed by atoms with van der Waals surface area (Å²) in [5.41, 5.74) is 1.05. The number of nitrogens with zero attached hydrogens (tertiary/aromatic N) is 1. The van der Waals surface area contributed by atoms with Gasteiger partial charge in [0.1, 0.15) is 5.82 Å². The summed E-state index contributed by atoms with van der Waals surface area (Å²) in [6.07, 6.45) is 0. The molecule has 1 aromatic carbocycles. The van der Waals surface area contributed by atoms with Gasteiger partial charge >= 0.3 is 0 Å². The van der Waals surface area contributed by atoms with E-state index in [1.165, 1.54) is 12.1 Å². The lowest BCUT2D eigenvalue weighted by Crippen LogP contribution is -2.31. The third kappa shape index (κ3) is 1.80. The van der Waals surface area contributed by atoms with Crippen LogP contribution in [0.4, 0.5) is 10.1 Å². The van der Waals surface area contributed by atoms with Crippen molar-refractivity contribution in [3.63, 3.8) is 0 Å². The largest absolute Gasteiger partial charge is 0.269 e. The van der Waals surface area contributed by atoms with Crippen LogP contribution in [0.2, 0.25) is 0 Å². The predicted octanol–water partition coefficient (Wildman–Crippen LogP) is 2.80. The molecule has 0 fully saturated rings. The van der Waals surface area contributed by atoms with Crippen LogP contribution < -0.4 is 4.90 Å². The predicted molar refractivity (Wildman–Crippen MR) is 65.0 cm³/mol. The van der Waals surface area contributed by atoms with Crippen LogP contribution in [0.3, 0.4) is 0 Å². The van der Waals surface area contributed by atoms with Gasteiger partial charge in [0.15, 0.2) is 0 Å². The van der Waals surface area contributed by atoms with Crippen molar-refractivity contribution in [3.05, 3.63) is 39.6 Å². The lowest BCUT2D eigenvalue weighted by molar-refractivity contribution is -0.120. The van der Waals surface area contributed by atoms with Gasteiger partial charge in [0, 0.05) is 11.1 Å². The van der Waals surface area contributed by atoms with Gasteiger partial charge in [-0.2, -0.15) is 0 Å². The lowest BCUT2D eigenvalue weighted by atomic mass is 10.2. The van der Waals surface area contributed by atoms with Gasteiger partial charge in [-0.05, 0) is 48.0 Å². The van der Waals surface area contributed by atoms with E-state index >= 15 is 0 Å². The maximum Gasteiger partial charge on any atom is 0.261 e. The second-order valence-electron chi connectivity index (χ2n) is 3.79. The van der Waals surface area contributed by atoms with Crippen molar-refractivity contribution in [1.82, 2.24) is 0 Å². The molecule has 1 aliphatic rings. The van der Waals surface area contributed by atoms with Crippen molar-refractivity contribution >= 4 is 33.4 Å². The van der Waals surface area contributed by atoms with Crippen molar-refractivity contribution in [2.45, 2.75) is 13.8 Å². The van der Waals surface area contributed by atoms with Crippen LogP contribution >= 0.6 is 15.9 Å². The fourth-order valence-electron chi connectivity index (χ4n) is 1.61. The van der Waals surface area contributed by atoms with Crippen molar-refractivity contribution in [1.29, 1.82) is 0 Å². The number of halogens is 2. The molecule has 1 heterocycles. The molecule has 1 aromatic rings. The Morgan fingerprint density at radius 1 is 1.12 bits per heavy atom. The van der Waals surface area contributed by atoms with Crippen molar-refractivity contribution in [2.24, 2.45) is 0 Å². The van der Waals surface area contributed by atoms with Gasteiger partial charge in [0.25, 0.3) is 11.8 Å². The zero-order valence-corrected chi connectivity index (χ0v) is 10.8. The molecule has 17 heavy (non-hydrogen) atoms. The van der Waals surface area contributed by atoms with Gasteiger partial charge in [0.2, 0.25) is 0 Å². The molecule has 0 bridgehead atoms. The first kappa shape index (κ1) is 12.0. The molecular weight excluding hydrogens is 289 g/mol. The standard InChI is InChI=1S/C12H9BrFNO2/c1-6-7(2)12(17)15(11(6)16)8-3-4-9(13)10(14)5-8/h3-5H,1-2H3. The second-order valence-corrected chi connectivity index (χ2v) is 4.65. The molecule has 3 nitrogen and oxygen atoms in total. The molecule has 5 heteroatoms. The molecular formula is C12H9BrFNO2. The van der Waals surface area contributed by atoms with Gasteiger partial charge in [-0.25, -0.2) is 9.29 Å². The molecule has 0 spiro atoms. The number of carbonyl (C=O) groups excluding carboxylic acids is 2. The first-order valence-corrected chi connectivity index (χ1v) is 5.74. The summed E-state index contributed by atoms with van der Waals surface area (Å²) in [5, 5.41) is 0. The number of anilines is 1. The molecule has 0 N–H and O–H groups in total. The van der Waals surface area contributed by atoms with Crippen LogP contribution in [0.15, 0.2) is 33.8 Å². The Morgan fingerprint density at radius 2 is 1.65 bits per heavy atom. The number of amides is 2. The summed E-state index contributed by atoms with van der Waals surface area (Å²) in [6, 6.07) is 4.15. The monoisotopic (exact) mass is 297 g/mol. The molecule has 0 saturated carbocycles. The number of hydrogen-bond acceptors (Lipinski definition) is 2. The Balaban J connectivity index is 2.47.